The molecule has 0 aliphatic heterocycles. The van der Waals surface area contributed by atoms with E-state index in [0.717, 1.165) is 6.07 Å². The highest BCUT2D eigenvalue weighted by Gasteiger charge is 2.27. The average molecular weight is 458 g/mol. The topological polar surface area (TPSA) is 109 Å². The van der Waals surface area contributed by atoms with Gasteiger partial charge in [-0.3, -0.25) is 4.79 Å². The molecule has 0 saturated carbocycles. The Morgan fingerprint density at radius 2 is 1.94 bits per heavy atom. The number of esters is 1. The number of carbonyl (C=O) groups excluding carboxylic acids is 1. The molecular formula is C24H32FN5O3. The summed E-state index contributed by atoms with van der Waals surface area (Å²) in [6.07, 6.45) is 1.72. The Bertz CT molecular complexity index is 1010. The first-order valence-corrected chi connectivity index (χ1v) is 10.8. The van der Waals surface area contributed by atoms with Crippen LogP contribution in [0, 0.1) is 29.0 Å². The zero-order valence-electron chi connectivity index (χ0n) is 20.2. The Morgan fingerprint density at radius 3 is 2.52 bits per heavy atom. The number of ether oxygens (including phenoxy) is 2. The maximum atomic E-state index is 14.8. The van der Waals surface area contributed by atoms with Gasteiger partial charge in [0.15, 0.2) is 17.5 Å². The summed E-state index contributed by atoms with van der Waals surface area (Å²) in [6.45, 7) is 11.3. The molecule has 2 aromatic heterocycles. The average Bonchev–Trinajstić information content (AvgIpc) is 2.71. The highest BCUT2D eigenvalue weighted by molar-refractivity contribution is 5.70. The van der Waals surface area contributed by atoms with Gasteiger partial charge in [0.05, 0.1) is 19.1 Å². The summed E-state index contributed by atoms with van der Waals surface area (Å²) in [4.78, 5) is 20.7. The third-order valence-electron chi connectivity index (χ3n) is 4.85. The molecule has 0 fully saturated rings. The lowest BCUT2D eigenvalue weighted by molar-refractivity contribution is -0.156. The number of hydrogen-bond donors (Lipinski definition) is 2. The normalized spacial score (nSPS) is 13.1. The first kappa shape index (κ1) is 25.8. The molecule has 8 nitrogen and oxygen atoms in total. The molecule has 2 aromatic rings. The van der Waals surface area contributed by atoms with Crippen molar-refractivity contribution in [1.29, 1.82) is 5.26 Å². The summed E-state index contributed by atoms with van der Waals surface area (Å²) in [6, 6.07) is 6.15. The van der Waals surface area contributed by atoms with Crippen LogP contribution in [0.1, 0.15) is 53.5 Å². The minimum absolute atomic E-state index is 0.00717. The fourth-order valence-corrected chi connectivity index (χ4v) is 3.40. The van der Waals surface area contributed by atoms with Crippen LogP contribution < -0.4 is 15.4 Å². The van der Waals surface area contributed by atoms with E-state index in [4.69, 9.17) is 9.47 Å². The summed E-state index contributed by atoms with van der Waals surface area (Å²) in [5, 5.41) is 15.6. The van der Waals surface area contributed by atoms with Crippen LogP contribution in [0.25, 0.3) is 0 Å². The summed E-state index contributed by atoms with van der Waals surface area (Å²) in [7, 11) is 1.50. The Balaban J connectivity index is 2.29. The molecular weight excluding hydrogens is 425 g/mol. The van der Waals surface area contributed by atoms with Crippen molar-refractivity contribution in [3.05, 3.63) is 35.8 Å². The minimum atomic E-state index is -0.653. The summed E-state index contributed by atoms with van der Waals surface area (Å²) in [5.41, 5.74) is 0.0630. The number of rotatable bonds is 9. The highest BCUT2D eigenvalue weighted by Crippen LogP contribution is 2.28. The SMILES string of the molecule is COc1cc(Nc2nc(N[C@H](C(C)C)[C@H](C)CC(=O)OC(C)(C)C)c(F)cc2C#N)ccn1. The van der Waals surface area contributed by atoms with E-state index in [2.05, 4.69) is 20.6 Å². The smallest absolute Gasteiger partial charge is 0.306 e. The molecule has 0 bridgehead atoms. The van der Waals surface area contributed by atoms with Gasteiger partial charge in [-0.1, -0.05) is 20.8 Å². The standard InChI is InChI=1S/C24H32FN5O3/c1-14(2)21(15(3)10-20(31)33-24(4,5)6)29-23-18(25)11-16(13-26)22(30-23)28-17-8-9-27-19(12-17)32-7/h8-9,11-12,14-15,21H,10H2,1-7H3,(H2,27,28,29,30)/t15-,21-/m1/s1. The number of nitriles is 1. The van der Waals surface area contributed by atoms with E-state index in [0.29, 0.717) is 11.6 Å². The van der Waals surface area contributed by atoms with Crippen LogP contribution in [0.4, 0.5) is 21.7 Å². The number of hydrogen-bond acceptors (Lipinski definition) is 8. The molecule has 0 aromatic carbocycles. The van der Waals surface area contributed by atoms with E-state index in [9.17, 15) is 14.4 Å². The summed E-state index contributed by atoms with van der Waals surface area (Å²) >= 11 is 0. The Kier molecular flexibility index (Phi) is 8.57. The van der Waals surface area contributed by atoms with Crippen molar-refractivity contribution >= 4 is 23.3 Å². The molecule has 9 heteroatoms. The zero-order valence-corrected chi connectivity index (χ0v) is 20.2. The third kappa shape index (κ3) is 7.59. The van der Waals surface area contributed by atoms with Gasteiger partial charge in [0.25, 0.3) is 0 Å². The summed E-state index contributed by atoms with van der Waals surface area (Å²) < 4.78 is 25.4. The first-order valence-electron chi connectivity index (χ1n) is 10.8. The molecule has 0 amide bonds. The predicted molar refractivity (Wildman–Crippen MR) is 125 cm³/mol. The number of aromatic nitrogens is 2. The van der Waals surface area contributed by atoms with E-state index in [1.807, 2.05) is 47.6 Å². The van der Waals surface area contributed by atoms with Crippen molar-refractivity contribution in [2.45, 2.75) is 59.6 Å². The van der Waals surface area contributed by atoms with Gasteiger partial charge in [-0.05, 0) is 44.7 Å². The van der Waals surface area contributed by atoms with E-state index < -0.39 is 11.4 Å². The van der Waals surface area contributed by atoms with Gasteiger partial charge >= 0.3 is 5.97 Å². The number of pyridine rings is 2. The van der Waals surface area contributed by atoms with Crippen LogP contribution in [0.2, 0.25) is 0 Å². The molecule has 0 aliphatic carbocycles. The van der Waals surface area contributed by atoms with Gasteiger partial charge in [-0.2, -0.15) is 5.26 Å². The van der Waals surface area contributed by atoms with Crippen molar-refractivity contribution < 1.29 is 18.7 Å². The maximum Gasteiger partial charge on any atom is 0.306 e. The van der Waals surface area contributed by atoms with Crippen LogP contribution in [-0.2, 0) is 9.53 Å². The Hall–Kier alpha value is -3.41. The molecule has 0 radical (unpaired) electrons. The van der Waals surface area contributed by atoms with Gasteiger partial charge in [0.1, 0.15) is 11.7 Å². The van der Waals surface area contributed by atoms with Crippen molar-refractivity contribution in [2.75, 3.05) is 17.7 Å². The lowest BCUT2D eigenvalue weighted by Crippen LogP contribution is -2.36. The van der Waals surface area contributed by atoms with Gasteiger partial charge in [-0.25, -0.2) is 14.4 Å². The molecule has 2 heterocycles. The van der Waals surface area contributed by atoms with E-state index in [1.165, 1.54) is 7.11 Å². The molecule has 0 saturated heterocycles. The number of carbonyl (C=O) groups is 1. The molecule has 0 unspecified atom stereocenters. The number of methoxy groups -OCH3 is 1. The van der Waals surface area contributed by atoms with E-state index in [-0.39, 0.29) is 47.5 Å². The number of anilines is 3. The van der Waals surface area contributed by atoms with Crippen molar-refractivity contribution in [2.24, 2.45) is 11.8 Å². The molecule has 0 aliphatic rings. The number of nitrogens with one attached hydrogen (secondary N) is 2. The van der Waals surface area contributed by atoms with Crippen LogP contribution in [0.3, 0.4) is 0 Å². The second kappa shape index (κ2) is 10.9. The van der Waals surface area contributed by atoms with Crippen LogP contribution in [0.5, 0.6) is 5.88 Å². The lowest BCUT2D eigenvalue weighted by Gasteiger charge is -2.30. The largest absolute Gasteiger partial charge is 0.481 e. The highest BCUT2D eigenvalue weighted by atomic mass is 19.1. The predicted octanol–water partition coefficient (Wildman–Crippen LogP) is 5.04. The van der Waals surface area contributed by atoms with Crippen LogP contribution in [0.15, 0.2) is 24.4 Å². The number of halogens is 1. The second-order valence-electron chi connectivity index (χ2n) is 9.22. The molecule has 178 valence electrons. The van der Waals surface area contributed by atoms with Crippen LogP contribution >= 0.6 is 0 Å². The van der Waals surface area contributed by atoms with Crippen LogP contribution in [-0.4, -0.2) is 34.7 Å². The van der Waals surface area contributed by atoms with Gasteiger partial charge in [-0.15, -0.1) is 0 Å². The molecule has 2 rings (SSSR count). The fourth-order valence-electron chi connectivity index (χ4n) is 3.40. The monoisotopic (exact) mass is 457 g/mol. The second-order valence-corrected chi connectivity index (χ2v) is 9.22. The van der Waals surface area contributed by atoms with Gasteiger partial charge < -0.3 is 20.1 Å². The van der Waals surface area contributed by atoms with Gasteiger partial charge in [0.2, 0.25) is 5.88 Å². The third-order valence-corrected chi connectivity index (χ3v) is 4.85. The zero-order chi connectivity index (χ0) is 24.8. The quantitative estimate of drug-likeness (QED) is 0.504. The molecule has 33 heavy (non-hydrogen) atoms. The Morgan fingerprint density at radius 1 is 1.24 bits per heavy atom. The molecule has 0 spiro atoms. The molecule has 2 atom stereocenters. The van der Waals surface area contributed by atoms with Crippen molar-refractivity contribution in [3.8, 4) is 11.9 Å². The fraction of sp³-hybridized carbons (Fsp3) is 0.500. The molecule has 2 N–H and O–H groups in total. The lowest BCUT2D eigenvalue weighted by atomic mass is 9.89. The first-order chi connectivity index (χ1) is 15.4. The summed E-state index contributed by atoms with van der Waals surface area (Å²) in [5.74, 6) is -0.485. The van der Waals surface area contributed by atoms with Gasteiger partial charge in [0, 0.05) is 24.0 Å². The maximum absolute atomic E-state index is 14.8. The van der Waals surface area contributed by atoms with Crippen molar-refractivity contribution in [3.63, 3.8) is 0 Å². The number of nitrogens with zero attached hydrogens (tertiary/aromatic N) is 3. The van der Waals surface area contributed by atoms with E-state index >= 15 is 0 Å². The van der Waals surface area contributed by atoms with Crippen molar-refractivity contribution in [1.82, 2.24) is 9.97 Å². The Labute approximate surface area is 194 Å². The minimum Gasteiger partial charge on any atom is -0.481 e. The van der Waals surface area contributed by atoms with E-state index in [1.54, 1.807) is 18.3 Å².